The number of nitrogens with zero attached hydrogens (tertiary/aromatic N) is 2. The zero-order valence-electron chi connectivity index (χ0n) is 10.9. The van der Waals surface area contributed by atoms with Crippen LogP contribution < -0.4 is 10.6 Å². The summed E-state index contributed by atoms with van der Waals surface area (Å²) in [7, 11) is -2.96. The van der Waals surface area contributed by atoms with Crippen LogP contribution in [0.25, 0.3) is 0 Å². The van der Waals surface area contributed by atoms with E-state index in [0.29, 0.717) is 30.9 Å². The molecule has 2 rings (SSSR count). The molecule has 1 aromatic rings. The smallest absolute Gasteiger partial charge is 0.152 e. The van der Waals surface area contributed by atoms with Crippen molar-refractivity contribution in [3.63, 3.8) is 0 Å². The molecule has 2 heterocycles. The molecule has 7 heteroatoms. The van der Waals surface area contributed by atoms with Crippen LogP contribution in [0, 0.1) is 12.3 Å². The quantitative estimate of drug-likeness (QED) is 0.600. The summed E-state index contributed by atoms with van der Waals surface area (Å²) in [4.78, 5) is 6.33. The molecule has 1 saturated heterocycles. The van der Waals surface area contributed by atoms with E-state index in [4.69, 9.17) is 11.1 Å². The van der Waals surface area contributed by atoms with Gasteiger partial charge in [0.25, 0.3) is 0 Å². The normalized spacial score (nSPS) is 18.9. The van der Waals surface area contributed by atoms with Gasteiger partial charge >= 0.3 is 0 Å². The number of anilines is 1. The lowest BCUT2D eigenvalue weighted by atomic mass is 10.2. The molecular formula is C12H18N4O2S. The van der Waals surface area contributed by atoms with Crippen molar-refractivity contribution in [1.82, 2.24) is 4.98 Å². The van der Waals surface area contributed by atoms with Gasteiger partial charge in [0.2, 0.25) is 0 Å². The lowest BCUT2D eigenvalue weighted by Gasteiger charge is -2.23. The van der Waals surface area contributed by atoms with Gasteiger partial charge in [0.1, 0.15) is 11.7 Å². The van der Waals surface area contributed by atoms with Crippen LogP contribution in [-0.2, 0) is 9.84 Å². The molecule has 1 aliphatic rings. The predicted octanol–water partition coefficient (Wildman–Crippen LogP) is 0.299. The first kappa shape index (κ1) is 13.8. The highest BCUT2D eigenvalue weighted by molar-refractivity contribution is 7.91. The fraction of sp³-hybridized carbons (Fsp3) is 0.500. The van der Waals surface area contributed by atoms with E-state index < -0.39 is 9.84 Å². The van der Waals surface area contributed by atoms with E-state index in [1.54, 1.807) is 12.1 Å². The lowest BCUT2D eigenvalue weighted by Crippen LogP contribution is -2.30. The van der Waals surface area contributed by atoms with Crippen molar-refractivity contribution < 1.29 is 8.42 Å². The first-order chi connectivity index (χ1) is 8.89. The van der Waals surface area contributed by atoms with Gasteiger partial charge in [0, 0.05) is 18.8 Å². The maximum atomic E-state index is 11.6. The van der Waals surface area contributed by atoms with Crippen LogP contribution >= 0.6 is 0 Å². The molecule has 1 aliphatic heterocycles. The van der Waals surface area contributed by atoms with Crippen molar-refractivity contribution in [2.45, 2.75) is 13.3 Å². The van der Waals surface area contributed by atoms with Crippen LogP contribution in [0.2, 0.25) is 0 Å². The molecule has 104 valence electrons. The third-order valence-corrected chi connectivity index (χ3v) is 4.87. The second-order valence-electron chi connectivity index (χ2n) is 4.73. The van der Waals surface area contributed by atoms with Crippen LogP contribution in [0.1, 0.15) is 17.7 Å². The molecule has 0 bridgehead atoms. The highest BCUT2D eigenvalue weighted by Crippen LogP contribution is 2.20. The van der Waals surface area contributed by atoms with E-state index in [9.17, 15) is 8.42 Å². The predicted molar refractivity (Wildman–Crippen MR) is 75.5 cm³/mol. The molecule has 6 nitrogen and oxygen atoms in total. The Balaban J connectivity index is 2.35. The minimum Gasteiger partial charge on any atom is -0.384 e. The van der Waals surface area contributed by atoms with Crippen molar-refractivity contribution in [3.8, 4) is 0 Å². The summed E-state index contributed by atoms with van der Waals surface area (Å²) < 4.78 is 23.2. The average Bonchev–Trinajstić information content (AvgIpc) is 2.49. The van der Waals surface area contributed by atoms with Gasteiger partial charge in [0.15, 0.2) is 9.84 Å². The molecule has 3 N–H and O–H groups in total. The number of nitrogens with one attached hydrogen (secondary N) is 1. The third kappa shape index (κ3) is 3.23. The highest BCUT2D eigenvalue weighted by atomic mass is 32.2. The second kappa shape index (κ2) is 5.16. The minimum absolute atomic E-state index is 0.0467. The summed E-state index contributed by atoms with van der Waals surface area (Å²) in [5, 5.41) is 7.59. The van der Waals surface area contributed by atoms with E-state index >= 15 is 0 Å². The topological polar surface area (TPSA) is 100 Å². The van der Waals surface area contributed by atoms with Crippen molar-refractivity contribution in [2.24, 2.45) is 5.73 Å². The van der Waals surface area contributed by atoms with Gasteiger partial charge in [-0.2, -0.15) is 0 Å². The molecule has 19 heavy (non-hydrogen) atoms. The Labute approximate surface area is 113 Å². The van der Waals surface area contributed by atoms with E-state index in [2.05, 4.69) is 4.98 Å². The van der Waals surface area contributed by atoms with Crippen LogP contribution in [0.15, 0.2) is 12.1 Å². The summed E-state index contributed by atoms with van der Waals surface area (Å²) in [6.07, 6.45) is 0.579. The van der Waals surface area contributed by atoms with Gasteiger partial charge in [0.05, 0.1) is 17.1 Å². The largest absolute Gasteiger partial charge is 0.384 e. The number of hydrogen-bond donors (Lipinski definition) is 2. The first-order valence-corrected chi connectivity index (χ1v) is 7.98. The van der Waals surface area contributed by atoms with Crippen molar-refractivity contribution in [2.75, 3.05) is 29.5 Å². The SMILES string of the molecule is Cc1ccc(C(=N)N)c(N2CCCS(=O)(=O)CC2)n1. The number of rotatable bonds is 2. The summed E-state index contributed by atoms with van der Waals surface area (Å²) in [5.74, 6) is 0.907. The molecule has 0 amide bonds. The summed E-state index contributed by atoms with van der Waals surface area (Å²) in [5.41, 5.74) is 6.95. The van der Waals surface area contributed by atoms with E-state index in [0.717, 1.165) is 5.69 Å². The number of aromatic nitrogens is 1. The average molecular weight is 282 g/mol. The molecule has 0 atom stereocenters. The number of nitrogens with two attached hydrogens (primary N) is 1. The highest BCUT2D eigenvalue weighted by Gasteiger charge is 2.22. The lowest BCUT2D eigenvalue weighted by molar-refractivity contribution is 0.597. The Kier molecular flexibility index (Phi) is 3.75. The Bertz CT molecular complexity index is 598. The number of nitrogen functional groups attached to an aromatic ring is 1. The fourth-order valence-electron chi connectivity index (χ4n) is 2.14. The zero-order chi connectivity index (χ0) is 14.0. The second-order valence-corrected chi connectivity index (χ2v) is 7.03. The zero-order valence-corrected chi connectivity index (χ0v) is 11.7. The van der Waals surface area contributed by atoms with Crippen LogP contribution in [-0.4, -0.2) is 43.8 Å². The Hall–Kier alpha value is -1.63. The Morgan fingerprint density at radius 3 is 2.79 bits per heavy atom. The number of amidine groups is 1. The van der Waals surface area contributed by atoms with Gasteiger partial charge in [-0.15, -0.1) is 0 Å². The summed E-state index contributed by atoms with van der Waals surface area (Å²) >= 11 is 0. The Morgan fingerprint density at radius 1 is 1.37 bits per heavy atom. The molecule has 0 saturated carbocycles. The van der Waals surface area contributed by atoms with Crippen molar-refractivity contribution in [1.29, 1.82) is 5.41 Å². The van der Waals surface area contributed by atoms with Crippen molar-refractivity contribution in [3.05, 3.63) is 23.4 Å². The number of hydrogen-bond acceptors (Lipinski definition) is 5. The van der Waals surface area contributed by atoms with E-state index in [-0.39, 0.29) is 17.3 Å². The monoisotopic (exact) mass is 282 g/mol. The number of pyridine rings is 1. The maximum absolute atomic E-state index is 11.6. The van der Waals surface area contributed by atoms with E-state index in [1.807, 2.05) is 11.8 Å². The first-order valence-electron chi connectivity index (χ1n) is 6.16. The molecular weight excluding hydrogens is 264 g/mol. The van der Waals surface area contributed by atoms with Crippen molar-refractivity contribution >= 4 is 21.5 Å². The molecule has 0 aliphatic carbocycles. The molecule has 0 unspecified atom stereocenters. The summed E-state index contributed by atoms with van der Waals surface area (Å²) in [6, 6.07) is 3.56. The number of aryl methyl sites for hydroxylation is 1. The summed E-state index contributed by atoms with van der Waals surface area (Å²) in [6.45, 7) is 2.89. The molecule has 0 radical (unpaired) electrons. The maximum Gasteiger partial charge on any atom is 0.152 e. The van der Waals surface area contributed by atoms with Gasteiger partial charge in [-0.25, -0.2) is 13.4 Å². The standard InChI is InChI=1S/C12H18N4O2S/c1-9-3-4-10(11(13)14)12(15-9)16-5-2-7-19(17,18)8-6-16/h3-4H,2,5-8H2,1H3,(H3,13,14). The Morgan fingerprint density at radius 2 is 2.11 bits per heavy atom. The van der Waals surface area contributed by atoms with Gasteiger partial charge in [-0.05, 0) is 25.5 Å². The van der Waals surface area contributed by atoms with Crippen LogP contribution in [0.3, 0.4) is 0 Å². The third-order valence-electron chi connectivity index (χ3n) is 3.16. The molecule has 1 fully saturated rings. The van der Waals surface area contributed by atoms with Gasteiger partial charge < -0.3 is 10.6 Å². The van der Waals surface area contributed by atoms with Crippen LogP contribution in [0.5, 0.6) is 0 Å². The molecule has 0 spiro atoms. The van der Waals surface area contributed by atoms with Crippen LogP contribution in [0.4, 0.5) is 5.82 Å². The molecule has 1 aromatic heterocycles. The minimum atomic E-state index is -2.96. The van der Waals surface area contributed by atoms with Gasteiger partial charge in [-0.1, -0.05) is 0 Å². The molecule has 0 aromatic carbocycles. The van der Waals surface area contributed by atoms with Gasteiger partial charge in [-0.3, -0.25) is 5.41 Å². The number of sulfone groups is 1. The van der Waals surface area contributed by atoms with E-state index in [1.165, 1.54) is 0 Å². The fourth-order valence-corrected chi connectivity index (χ4v) is 3.42.